The van der Waals surface area contributed by atoms with Crippen molar-refractivity contribution >= 4 is 35.3 Å². The van der Waals surface area contributed by atoms with Crippen molar-refractivity contribution in [2.45, 2.75) is 35.2 Å². The van der Waals surface area contributed by atoms with Crippen LogP contribution in [0.1, 0.15) is 30.1 Å². The normalized spacial score (nSPS) is 17.8. The molecule has 3 N–H and O–H groups in total. The molecule has 36 heavy (non-hydrogen) atoms. The van der Waals surface area contributed by atoms with Crippen molar-refractivity contribution in [3.63, 3.8) is 0 Å². The fourth-order valence-corrected chi connectivity index (χ4v) is 5.44. The topological polar surface area (TPSA) is 111 Å². The van der Waals surface area contributed by atoms with Gasteiger partial charge in [0.25, 0.3) is 0 Å². The highest BCUT2D eigenvalue weighted by Gasteiger charge is 2.24. The summed E-state index contributed by atoms with van der Waals surface area (Å²) in [5.74, 6) is -2.15. The monoisotopic (exact) mass is 536 g/mol. The SMILES string of the molecule is O=C(O)CCC(=O)O.OCCN1CCN(CCOC2Cc3cc(Cl)ccc3Sc3ccccc32)CC1. The predicted octanol–water partition coefficient (Wildman–Crippen LogP) is 3.65. The highest BCUT2D eigenvalue weighted by molar-refractivity contribution is 7.99. The summed E-state index contributed by atoms with van der Waals surface area (Å²) in [6.45, 7) is 6.82. The van der Waals surface area contributed by atoms with Crippen LogP contribution in [-0.4, -0.2) is 89.5 Å². The van der Waals surface area contributed by atoms with Crippen molar-refractivity contribution in [1.29, 1.82) is 0 Å². The first-order valence-corrected chi connectivity index (χ1v) is 13.2. The number of ether oxygens (including phenoxy) is 1. The van der Waals surface area contributed by atoms with Gasteiger partial charge in [-0.15, -0.1) is 0 Å². The molecule has 0 aliphatic carbocycles. The van der Waals surface area contributed by atoms with E-state index in [9.17, 15) is 9.59 Å². The number of nitrogens with zero attached hydrogens (tertiary/aromatic N) is 2. The Morgan fingerprint density at radius 1 is 0.944 bits per heavy atom. The predicted molar refractivity (Wildman–Crippen MR) is 139 cm³/mol. The van der Waals surface area contributed by atoms with Crippen molar-refractivity contribution in [2.75, 3.05) is 52.5 Å². The van der Waals surface area contributed by atoms with Crippen molar-refractivity contribution in [3.05, 3.63) is 58.6 Å². The number of benzene rings is 2. The van der Waals surface area contributed by atoms with Crippen molar-refractivity contribution < 1.29 is 29.6 Å². The Morgan fingerprint density at radius 3 is 2.22 bits per heavy atom. The number of fused-ring (bicyclic) bond motifs is 2. The number of hydrogen-bond acceptors (Lipinski definition) is 7. The number of hydrogen-bond donors (Lipinski definition) is 3. The second-order valence-electron chi connectivity index (χ2n) is 8.65. The van der Waals surface area contributed by atoms with Crippen LogP contribution in [0, 0.1) is 0 Å². The summed E-state index contributed by atoms with van der Waals surface area (Å²) in [6, 6.07) is 14.7. The number of aliphatic hydroxyl groups excluding tert-OH is 1. The number of halogens is 1. The largest absolute Gasteiger partial charge is 0.481 e. The van der Waals surface area contributed by atoms with E-state index >= 15 is 0 Å². The van der Waals surface area contributed by atoms with Gasteiger partial charge in [0.05, 0.1) is 32.2 Å². The maximum atomic E-state index is 9.64. The Morgan fingerprint density at radius 2 is 1.58 bits per heavy atom. The number of aliphatic hydroxyl groups is 1. The van der Waals surface area contributed by atoms with E-state index < -0.39 is 11.9 Å². The molecule has 196 valence electrons. The van der Waals surface area contributed by atoms with E-state index in [-0.39, 0.29) is 25.6 Å². The lowest BCUT2D eigenvalue weighted by Gasteiger charge is -2.34. The fraction of sp³-hybridized carbons (Fsp3) is 0.462. The van der Waals surface area contributed by atoms with E-state index in [2.05, 4.69) is 46.2 Å². The van der Waals surface area contributed by atoms with E-state index in [0.717, 1.165) is 57.3 Å². The van der Waals surface area contributed by atoms with E-state index in [4.69, 9.17) is 31.7 Å². The molecule has 0 aromatic heterocycles. The Hall–Kier alpha value is -2.14. The number of β-amino-alcohol motifs (C(OH)–C–C–N with tert-alkyl or cyclic N) is 1. The summed E-state index contributed by atoms with van der Waals surface area (Å²) in [5.41, 5.74) is 2.53. The first kappa shape index (κ1) is 28.4. The Bertz CT molecular complexity index is 1000. The fourth-order valence-electron chi connectivity index (χ4n) is 4.14. The van der Waals surface area contributed by atoms with Gasteiger partial charge in [-0.2, -0.15) is 0 Å². The van der Waals surface area contributed by atoms with E-state index in [0.29, 0.717) is 0 Å². The van der Waals surface area contributed by atoms with Crippen LogP contribution < -0.4 is 0 Å². The molecule has 2 aliphatic heterocycles. The summed E-state index contributed by atoms with van der Waals surface area (Å²) in [6.07, 6.45) is 0.313. The minimum Gasteiger partial charge on any atom is -0.481 e. The molecule has 1 unspecified atom stereocenters. The second-order valence-corrected chi connectivity index (χ2v) is 10.2. The van der Waals surface area contributed by atoms with E-state index in [1.807, 2.05) is 17.8 Å². The van der Waals surface area contributed by atoms with Crippen LogP contribution in [0.5, 0.6) is 0 Å². The Labute approximate surface area is 220 Å². The minimum absolute atomic E-state index is 0.0547. The molecule has 2 aromatic rings. The molecule has 2 heterocycles. The molecule has 1 fully saturated rings. The van der Waals surface area contributed by atoms with Crippen LogP contribution in [0.3, 0.4) is 0 Å². The molecule has 1 atom stereocenters. The van der Waals surface area contributed by atoms with E-state index in [1.165, 1.54) is 20.9 Å². The number of rotatable bonds is 9. The standard InChI is InChI=1S/C22H27ClN2O2S.C4H6O4/c23-18-5-6-21-17(15-18)16-20(19-3-1-2-4-22(19)28-21)27-14-12-25-9-7-24(8-10-25)11-13-26;5-3(6)1-2-4(7)8/h1-6,15,20,26H,7-14,16H2;1-2H2,(H,5,6)(H,7,8). The number of carboxylic acids is 2. The van der Waals surface area contributed by atoms with Gasteiger partial charge >= 0.3 is 11.9 Å². The molecule has 0 saturated carbocycles. The van der Waals surface area contributed by atoms with Gasteiger partial charge in [0.1, 0.15) is 0 Å². The van der Waals surface area contributed by atoms with Crippen LogP contribution in [-0.2, 0) is 20.7 Å². The van der Waals surface area contributed by atoms with Gasteiger partial charge in [-0.25, -0.2) is 0 Å². The molecule has 0 spiro atoms. The van der Waals surface area contributed by atoms with Gasteiger partial charge in [-0.1, -0.05) is 41.6 Å². The maximum absolute atomic E-state index is 9.64. The zero-order valence-electron chi connectivity index (χ0n) is 20.1. The molecular formula is C26H33ClN2O6S. The molecular weight excluding hydrogens is 504 g/mol. The summed E-state index contributed by atoms with van der Waals surface area (Å²) >= 11 is 8.06. The van der Waals surface area contributed by atoms with Gasteiger partial charge in [0.2, 0.25) is 0 Å². The lowest BCUT2D eigenvalue weighted by molar-refractivity contribution is -0.143. The molecule has 2 aliphatic rings. The highest BCUT2D eigenvalue weighted by atomic mass is 35.5. The van der Waals surface area contributed by atoms with Gasteiger partial charge in [-0.05, 0) is 35.4 Å². The molecule has 8 nitrogen and oxygen atoms in total. The number of aliphatic carboxylic acids is 2. The zero-order valence-corrected chi connectivity index (χ0v) is 21.7. The average molecular weight is 537 g/mol. The molecule has 1 saturated heterocycles. The molecule has 0 radical (unpaired) electrons. The summed E-state index contributed by atoms with van der Waals surface area (Å²) < 4.78 is 6.41. The lowest BCUT2D eigenvalue weighted by Crippen LogP contribution is -2.48. The highest BCUT2D eigenvalue weighted by Crippen LogP contribution is 2.42. The third-order valence-electron chi connectivity index (χ3n) is 6.07. The first-order valence-electron chi connectivity index (χ1n) is 12.0. The van der Waals surface area contributed by atoms with Gasteiger partial charge in [0.15, 0.2) is 0 Å². The number of carbonyl (C=O) groups is 2. The minimum atomic E-state index is -1.08. The van der Waals surface area contributed by atoms with Gasteiger partial charge in [-0.3, -0.25) is 19.4 Å². The smallest absolute Gasteiger partial charge is 0.303 e. The summed E-state index contributed by atoms with van der Waals surface area (Å²) in [4.78, 5) is 26.6. The summed E-state index contributed by atoms with van der Waals surface area (Å²) in [5, 5.41) is 25.7. The third-order valence-corrected chi connectivity index (χ3v) is 7.52. The van der Waals surface area contributed by atoms with Gasteiger partial charge in [0, 0.05) is 60.5 Å². The Balaban J connectivity index is 0.000000392. The van der Waals surface area contributed by atoms with Crippen LogP contribution in [0.4, 0.5) is 0 Å². The van der Waals surface area contributed by atoms with Crippen molar-refractivity contribution in [3.8, 4) is 0 Å². The molecule has 4 rings (SSSR count). The van der Waals surface area contributed by atoms with Crippen LogP contribution in [0.25, 0.3) is 0 Å². The Kier molecular flexibility index (Phi) is 11.5. The maximum Gasteiger partial charge on any atom is 0.303 e. The number of piperazine rings is 1. The third kappa shape index (κ3) is 9.06. The molecule has 0 bridgehead atoms. The molecule has 2 aromatic carbocycles. The number of carboxylic acid groups (broad SMARTS) is 2. The average Bonchev–Trinajstić information content (AvgIpc) is 3.01. The first-order chi connectivity index (χ1) is 17.4. The second kappa shape index (κ2) is 14.6. The summed E-state index contributed by atoms with van der Waals surface area (Å²) in [7, 11) is 0. The van der Waals surface area contributed by atoms with Crippen LogP contribution >= 0.6 is 23.4 Å². The molecule has 0 amide bonds. The van der Waals surface area contributed by atoms with Gasteiger partial charge < -0.3 is 20.1 Å². The van der Waals surface area contributed by atoms with Crippen molar-refractivity contribution in [1.82, 2.24) is 9.80 Å². The van der Waals surface area contributed by atoms with Crippen LogP contribution in [0.15, 0.2) is 52.3 Å². The molecule has 10 heteroatoms. The van der Waals surface area contributed by atoms with Crippen molar-refractivity contribution in [2.24, 2.45) is 0 Å². The quantitative estimate of drug-likeness (QED) is 0.442. The zero-order chi connectivity index (χ0) is 25.9. The lowest BCUT2D eigenvalue weighted by atomic mass is 10.0. The van der Waals surface area contributed by atoms with Crippen LogP contribution in [0.2, 0.25) is 5.02 Å². The van der Waals surface area contributed by atoms with E-state index in [1.54, 1.807) is 0 Å².